The number of carboxylic acids is 1. The summed E-state index contributed by atoms with van der Waals surface area (Å²) in [5, 5.41) is 8.21. The van der Waals surface area contributed by atoms with Gasteiger partial charge in [-0.1, -0.05) is 0 Å². The fourth-order valence-electron chi connectivity index (χ4n) is 0.858. The van der Waals surface area contributed by atoms with Crippen LogP contribution in [0.5, 0.6) is 0 Å². The third-order valence-corrected chi connectivity index (χ3v) is 1.43. The number of benzene rings is 1. The quantitative estimate of drug-likeness (QED) is 0.589. The first kappa shape index (κ1) is 10.3. The maximum atomic E-state index is 12.8. The molecular formula is C9H5F3O2. The first-order chi connectivity index (χ1) is 6.50. The van der Waals surface area contributed by atoms with E-state index in [0.29, 0.717) is 18.2 Å². The van der Waals surface area contributed by atoms with E-state index in [1.54, 1.807) is 0 Å². The van der Waals surface area contributed by atoms with Crippen LogP contribution in [-0.4, -0.2) is 11.1 Å². The summed E-state index contributed by atoms with van der Waals surface area (Å²) in [6.45, 7) is 0. The van der Waals surface area contributed by atoms with Crippen LogP contribution in [-0.2, 0) is 4.79 Å². The maximum Gasteiger partial charge on any atom is 0.328 e. The third-order valence-electron chi connectivity index (χ3n) is 1.43. The van der Waals surface area contributed by atoms with Crippen LogP contribution in [0.25, 0.3) is 6.08 Å². The molecule has 1 aromatic carbocycles. The SMILES string of the molecule is O=C(O)/C=C\c1cc(F)cc(F)c1F. The molecule has 0 amide bonds. The van der Waals surface area contributed by atoms with Gasteiger partial charge in [0.25, 0.3) is 0 Å². The van der Waals surface area contributed by atoms with Crippen LogP contribution in [0.15, 0.2) is 18.2 Å². The van der Waals surface area contributed by atoms with Gasteiger partial charge < -0.3 is 5.11 Å². The third kappa shape index (κ3) is 2.35. The molecule has 0 aliphatic rings. The van der Waals surface area contributed by atoms with E-state index in [2.05, 4.69) is 0 Å². The summed E-state index contributed by atoms with van der Waals surface area (Å²) in [4.78, 5) is 10.1. The molecule has 0 aliphatic carbocycles. The van der Waals surface area contributed by atoms with Gasteiger partial charge in [0.2, 0.25) is 0 Å². The van der Waals surface area contributed by atoms with Gasteiger partial charge in [0, 0.05) is 17.7 Å². The predicted molar refractivity (Wildman–Crippen MR) is 43.0 cm³/mol. The van der Waals surface area contributed by atoms with Gasteiger partial charge in [0.1, 0.15) is 5.82 Å². The van der Waals surface area contributed by atoms with Crippen molar-refractivity contribution in [3.05, 3.63) is 41.2 Å². The fraction of sp³-hybridized carbons (Fsp3) is 0. The van der Waals surface area contributed by atoms with Crippen molar-refractivity contribution in [3.8, 4) is 0 Å². The van der Waals surface area contributed by atoms with Crippen molar-refractivity contribution in [3.63, 3.8) is 0 Å². The summed E-state index contributed by atoms with van der Waals surface area (Å²) in [6, 6.07) is 1.09. The molecular weight excluding hydrogens is 197 g/mol. The highest BCUT2D eigenvalue weighted by Gasteiger charge is 2.08. The van der Waals surface area contributed by atoms with E-state index >= 15 is 0 Å². The molecule has 1 N–H and O–H groups in total. The Hall–Kier alpha value is -1.78. The number of aliphatic carboxylic acids is 1. The fourth-order valence-corrected chi connectivity index (χ4v) is 0.858. The van der Waals surface area contributed by atoms with Crippen LogP contribution in [0.1, 0.15) is 5.56 Å². The second kappa shape index (κ2) is 3.95. The van der Waals surface area contributed by atoms with E-state index in [4.69, 9.17) is 5.11 Å². The van der Waals surface area contributed by atoms with E-state index in [-0.39, 0.29) is 0 Å². The summed E-state index contributed by atoms with van der Waals surface area (Å²) in [7, 11) is 0. The molecule has 0 heterocycles. The van der Waals surface area contributed by atoms with Gasteiger partial charge in [0.15, 0.2) is 11.6 Å². The summed E-state index contributed by atoms with van der Waals surface area (Å²) in [5.41, 5.74) is -0.440. The topological polar surface area (TPSA) is 37.3 Å². The highest BCUT2D eigenvalue weighted by atomic mass is 19.2. The Morgan fingerprint density at radius 1 is 1.29 bits per heavy atom. The van der Waals surface area contributed by atoms with Gasteiger partial charge in [-0.05, 0) is 12.1 Å². The lowest BCUT2D eigenvalue weighted by Gasteiger charge is -1.98. The van der Waals surface area contributed by atoms with Gasteiger partial charge in [-0.15, -0.1) is 0 Å². The summed E-state index contributed by atoms with van der Waals surface area (Å²) in [5.74, 6) is -4.91. The molecule has 0 saturated carbocycles. The summed E-state index contributed by atoms with van der Waals surface area (Å²) >= 11 is 0. The Labute approximate surface area is 77.3 Å². The van der Waals surface area contributed by atoms with Crippen molar-refractivity contribution in [1.29, 1.82) is 0 Å². The minimum Gasteiger partial charge on any atom is -0.478 e. The van der Waals surface area contributed by atoms with Crippen LogP contribution in [0.4, 0.5) is 13.2 Å². The van der Waals surface area contributed by atoms with Crippen molar-refractivity contribution >= 4 is 12.0 Å². The second-order valence-electron chi connectivity index (χ2n) is 2.46. The molecule has 0 saturated heterocycles. The van der Waals surface area contributed by atoms with Gasteiger partial charge in [0.05, 0.1) is 0 Å². The number of rotatable bonds is 2. The molecule has 2 nitrogen and oxygen atoms in total. The first-order valence-corrected chi connectivity index (χ1v) is 3.56. The minimum atomic E-state index is -1.35. The average molecular weight is 202 g/mol. The van der Waals surface area contributed by atoms with Crippen LogP contribution >= 0.6 is 0 Å². The van der Waals surface area contributed by atoms with Crippen molar-refractivity contribution in [2.45, 2.75) is 0 Å². The van der Waals surface area contributed by atoms with Gasteiger partial charge in [-0.25, -0.2) is 18.0 Å². The molecule has 0 fully saturated rings. The monoisotopic (exact) mass is 202 g/mol. The molecule has 74 valence electrons. The molecule has 0 aliphatic heterocycles. The van der Waals surface area contributed by atoms with E-state index in [1.165, 1.54) is 0 Å². The lowest BCUT2D eigenvalue weighted by molar-refractivity contribution is -0.131. The van der Waals surface area contributed by atoms with E-state index in [0.717, 1.165) is 6.08 Å². The Morgan fingerprint density at radius 3 is 2.50 bits per heavy atom. The molecule has 14 heavy (non-hydrogen) atoms. The lowest BCUT2D eigenvalue weighted by Crippen LogP contribution is -1.92. The highest BCUT2D eigenvalue weighted by Crippen LogP contribution is 2.15. The Balaban J connectivity index is 3.14. The van der Waals surface area contributed by atoms with Gasteiger partial charge >= 0.3 is 5.97 Å². The zero-order valence-electron chi connectivity index (χ0n) is 6.80. The van der Waals surface area contributed by atoms with Crippen molar-refractivity contribution in [1.82, 2.24) is 0 Å². The molecule has 0 unspecified atom stereocenters. The van der Waals surface area contributed by atoms with E-state index in [9.17, 15) is 18.0 Å². The Morgan fingerprint density at radius 2 is 1.93 bits per heavy atom. The molecule has 5 heteroatoms. The van der Waals surface area contributed by atoms with Gasteiger partial charge in [-0.2, -0.15) is 0 Å². The molecule has 0 aromatic heterocycles. The minimum absolute atomic E-state index is 0.382. The van der Waals surface area contributed by atoms with Crippen molar-refractivity contribution in [2.24, 2.45) is 0 Å². The maximum absolute atomic E-state index is 12.8. The Kier molecular flexibility index (Phi) is 2.91. The average Bonchev–Trinajstić information content (AvgIpc) is 2.08. The summed E-state index contributed by atoms with van der Waals surface area (Å²) < 4.78 is 38.0. The standard InChI is InChI=1S/C9H5F3O2/c10-6-3-5(1-2-8(13)14)9(12)7(11)4-6/h1-4H,(H,13,14)/b2-1-. The second-order valence-corrected chi connectivity index (χ2v) is 2.46. The number of hydrogen-bond donors (Lipinski definition) is 1. The zero-order valence-corrected chi connectivity index (χ0v) is 6.80. The predicted octanol–water partition coefficient (Wildman–Crippen LogP) is 2.20. The van der Waals surface area contributed by atoms with Crippen molar-refractivity contribution in [2.75, 3.05) is 0 Å². The number of hydrogen-bond acceptors (Lipinski definition) is 1. The number of carboxylic acid groups (broad SMARTS) is 1. The normalized spacial score (nSPS) is 10.8. The first-order valence-electron chi connectivity index (χ1n) is 3.56. The molecule has 0 radical (unpaired) electrons. The molecule has 1 aromatic rings. The van der Waals surface area contributed by atoms with Gasteiger partial charge in [-0.3, -0.25) is 0 Å². The van der Waals surface area contributed by atoms with E-state index in [1.807, 2.05) is 0 Å². The van der Waals surface area contributed by atoms with Crippen LogP contribution in [0, 0.1) is 17.5 Å². The molecule has 1 rings (SSSR count). The Bertz CT molecular complexity index is 399. The smallest absolute Gasteiger partial charge is 0.328 e. The molecule has 0 bridgehead atoms. The lowest BCUT2D eigenvalue weighted by atomic mass is 10.2. The molecule has 0 atom stereocenters. The van der Waals surface area contributed by atoms with Crippen LogP contribution < -0.4 is 0 Å². The van der Waals surface area contributed by atoms with Crippen molar-refractivity contribution < 1.29 is 23.1 Å². The molecule has 0 spiro atoms. The highest BCUT2D eigenvalue weighted by molar-refractivity contribution is 5.85. The van der Waals surface area contributed by atoms with Crippen LogP contribution in [0.2, 0.25) is 0 Å². The summed E-state index contributed by atoms with van der Waals surface area (Å²) in [6.07, 6.45) is 1.38. The van der Waals surface area contributed by atoms with Crippen LogP contribution in [0.3, 0.4) is 0 Å². The number of carbonyl (C=O) groups is 1. The van der Waals surface area contributed by atoms with E-state index < -0.39 is 29.0 Å². The zero-order chi connectivity index (χ0) is 10.7. The number of halogens is 3. The largest absolute Gasteiger partial charge is 0.478 e.